The van der Waals surface area contributed by atoms with Crippen molar-refractivity contribution in [1.29, 1.82) is 0 Å². The summed E-state index contributed by atoms with van der Waals surface area (Å²) in [5.41, 5.74) is 0. The lowest BCUT2D eigenvalue weighted by atomic mass is 9.94. The van der Waals surface area contributed by atoms with Gasteiger partial charge in [-0.25, -0.2) is 0 Å². The maximum Gasteiger partial charge on any atom is 0.309 e. The summed E-state index contributed by atoms with van der Waals surface area (Å²) in [4.78, 5) is 42.7. The molecule has 0 bridgehead atoms. The Hall–Kier alpha value is -1.63. The van der Waals surface area contributed by atoms with Gasteiger partial charge >= 0.3 is 5.97 Å². The Bertz CT molecular complexity index is 639. The number of likely N-dealkylation sites (tertiary alicyclic amines) is 1. The molecular formula is C24H41N3O4. The van der Waals surface area contributed by atoms with E-state index in [1.807, 2.05) is 9.80 Å². The Balaban J connectivity index is 1.59. The molecule has 7 heteroatoms. The van der Waals surface area contributed by atoms with Crippen LogP contribution >= 0.6 is 0 Å². The molecule has 3 aliphatic rings. The monoisotopic (exact) mass is 435 g/mol. The van der Waals surface area contributed by atoms with Crippen molar-refractivity contribution in [2.75, 3.05) is 32.8 Å². The second-order valence-corrected chi connectivity index (χ2v) is 10.5. The van der Waals surface area contributed by atoms with Gasteiger partial charge < -0.3 is 19.9 Å². The molecule has 1 N–H and O–H groups in total. The third kappa shape index (κ3) is 6.67. The van der Waals surface area contributed by atoms with Gasteiger partial charge in [-0.1, -0.05) is 27.7 Å². The summed E-state index contributed by atoms with van der Waals surface area (Å²) in [5, 5.41) is 3.33. The van der Waals surface area contributed by atoms with Gasteiger partial charge in [-0.2, -0.15) is 0 Å². The van der Waals surface area contributed by atoms with E-state index in [2.05, 4.69) is 33.0 Å². The number of amides is 2. The molecule has 176 valence electrons. The van der Waals surface area contributed by atoms with E-state index < -0.39 is 6.04 Å². The van der Waals surface area contributed by atoms with E-state index in [-0.39, 0.29) is 29.7 Å². The zero-order chi connectivity index (χ0) is 22.5. The third-order valence-electron chi connectivity index (χ3n) is 6.69. The Labute approximate surface area is 187 Å². The summed E-state index contributed by atoms with van der Waals surface area (Å²) in [7, 11) is 0. The highest BCUT2D eigenvalue weighted by molar-refractivity contribution is 5.90. The molecule has 2 unspecified atom stereocenters. The Morgan fingerprint density at radius 2 is 1.71 bits per heavy atom. The minimum absolute atomic E-state index is 0.0389. The highest BCUT2D eigenvalue weighted by Crippen LogP contribution is 2.30. The molecule has 0 aromatic carbocycles. The highest BCUT2D eigenvalue weighted by atomic mass is 16.5. The maximum atomic E-state index is 13.5. The van der Waals surface area contributed by atoms with Crippen molar-refractivity contribution in [1.82, 2.24) is 15.1 Å². The van der Waals surface area contributed by atoms with E-state index in [0.717, 1.165) is 13.0 Å². The van der Waals surface area contributed by atoms with Gasteiger partial charge in [0.05, 0.1) is 18.6 Å². The molecule has 2 atom stereocenters. The largest absolute Gasteiger partial charge is 0.465 e. The van der Waals surface area contributed by atoms with Gasteiger partial charge in [0.25, 0.3) is 0 Å². The number of carbonyl (C=O) groups is 3. The first-order chi connectivity index (χ1) is 14.8. The van der Waals surface area contributed by atoms with E-state index in [4.69, 9.17) is 4.74 Å². The van der Waals surface area contributed by atoms with Gasteiger partial charge in [-0.05, 0) is 56.3 Å². The number of piperidine rings is 1. The summed E-state index contributed by atoms with van der Waals surface area (Å²) >= 11 is 0. The molecule has 31 heavy (non-hydrogen) atoms. The average molecular weight is 436 g/mol. The molecule has 2 amide bonds. The van der Waals surface area contributed by atoms with Gasteiger partial charge in [0.1, 0.15) is 6.04 Å². The first-order valence-corrected chi connectivity index (χ1v) is 12.3. The molecule has 3 fully saturated rings. The Morgan fingerprint density at radius 3 is 2.29 bits per heavy atom. The van der Waals surface area contributed by atoms with Gasteiger partial charge in [-0.3, -0.25) is 14.4 Å². The van der Waals surface area contributed by atoms with Crippen LogP contribution in [0.1, 0.15) is 66.2 Å². The van der Waals surface area contributed by atoms with Crippen LogP contribution in [-0.2, 0) is 19.1 Å². The zero-order valence-electron chi connectivity index (χ0n) is 19.8. The summed E-state index contributed by atoms with van der Waals surface area (Å²) in [6.07, 6.45) is 5.08. The standard InChI is InChI=1S/C24H41N3O4/c1-16(2)13-20-22(28)27(12-9-25-20)21(14-17(3)4)23(29)26-10-7-19(8-11-26)24(30)31-15-18-5-6-18/h16-21,25H,5-15H2,1-4H3. The van der Waals surface area contributed by atoms with Crippen molar-refractivity contribution in [3.05, 3.63) is 0 Å². The SMILES string of the molecule is CC(C)CC1NCCN(C(CC(C)C)C(=O)N2CCC(C(=O)OCC3CC3)CC2)C1=O. The molecule has 0 aromatic heterocycles. The van der Waals surface area contributed by atoms with Crippen molar-refractivity contribution in [3.63, 3.8) is 0 Å². The molecule has 0 spiro atoms. The van der Waals surface area contributed by atoms with Gasteiger partial charge in [0.2, 0.25) is 11.8 Å². The van der Waals surface area contributed by atoms with E-state index >= 15 is 0 Å². The lowest BCUT2D eigenvalue weighted by Gasteiger charge is -2.42. The van der Waals surface area contributed by atoms with E-state index in [1.54, 1.807) is 0 Å². The molecule has 2 heterocycles. The topological polar surface area (TPSA) is 79.0 Å². The van der Waals surface area contributed by atoms with Crippen LogP contribution < -0.4 is 5.32 Å². The minimum Gasteiger partial charge on any atom is -0.465 e. The fourth-order valence-electron chi connectivity index (χ4n) is 4.68. The van der Waals surface area contributed by atoms with Gasteiger partial charge in [0, 0.05) is 26.2 Å². The number of piperazine rings is 1. The lowest BCUT2D eigenvalue weighted by molar-refractivity contribution is -0.154. The summed E-state index contributed by atoms with van der Waals surface area (Å²) in [5.74, 6) is 1.18. The van der Waals surface area contributed by atoms with Gasteiger partial charge in [0.15, 0.2) is 0 Å². The average Bonchev–Trinajstić information content (AvgIpc) is 3.56. The molecular weight excluding hydrogens is 394 g/mol. The maximum absolute atomic E-state index is 13.5. The fraction of sp³-hybridized carbons (Fsp3) is 0.875. The third-order valence-corrected chi connectivity index (χ3v) is 6.69. The first-order valence-electron chi connectivity index (χ1n) is 12.3. The second-order valence-electron chi connectivity index (χ2n) is 10.5. The second kappa shape index (κ2) is 10.8. The van der Waals surface area contributed by atoms with Crippen LogP contribution in [0, 0.1) is 23.7 Å². The predicted molar refractivity (Wildman–Crippen MR) is 119 cm³/mol. The predicted octanol–water partition coefficient (Wildman–Crippen LogP) is 2.44. The molecule has 3 rings (SSSR count). The van der Waals surface area contributed by atoms with E-state index in [1.165, 1.54) is 12.8 Å². The molecule has 1 saturated carbocycles. The number of nitrogens with zero attached hydrogens (tertiary/aromatic N) is 2. The number of carbonyl (C=O) groups excluding carboxylic acids is 3. The Morgan fingerprint density at radius 1 is 1.03 bits per heavy atom. The van der Waals surface area contributed by atoms with Crippen LogP contribution in [0.2, 0.25) is 0 Å². The minimum atomic E-state index is -0.414. The number of esters is 1. The summed E-state index contributed by atoms with van der Waals surface area (Å²) in [6, 6.07) is -0.620. The van der Waals surface area contributed by atoms with Crippen LogP contribution in [0.5, 0.6) is 0 Å². The highest BCUT2D eigenvalue weighted by Gasteiger charge is 2.39. The van der Waals surface area contributed by atoms with Crippen molar-refractivity contribution in [2.45, 2.75) is 78.3 Å². The van der Waals surface area contributed by atoms with Crippen LogP contribution in [0.3, 0.4) is 0 Å². The fourth-order valence-corrected chi connectivity index (χ4v) is 4.68. The smallest absolute Gasteiger partial charge is 0.309 e. The molecule has 2 aliphatic heterocycles. The van der Waals surface area contributed by atoms with Crippen LogP contribution in [0.15, 0.2) is 0 Å². The van der Waals surface area contributed by atoms with Crippen molar-refractivity contribution in [3.8, 4) is 0 Å². The number of hydrogen-bond acceptors (Lipinski definition) is 5. The molecule has 0 radical (unpaired) electrons. The van der Waals surface area contributed by atoms with E-state index in [9.17, 15) is 14.4 Å². The van der Waals surface area contributed by atoms with Crippen LogP contribution in [0.25, 0.3) is 0 Å². The molecule has 2 saturated heterocycles. The van der Waals surface area contributed by atoms with Crippen molar-refractivity contribution < 1.29 is 19.1 Å². The quantitative estimate of drug-likeness (QED) is 0.563. The molecule has 0 aromatic rings. The number of rotatable bonds is 9. The lowest BCUT2D eigenvalue weighted by Crippen LogP contribution is -2.62. The normalized spacial score (nSPS) is 24.1. The number of ether oxygens (including phenoxy) is 1. The van der Waals surface area contributed by atoms with Crippen LogP contribution in [-0.4, -0.2) is 72.5 Å². The number of nitrogens with one attached hydrogen (secondary N) is 1. The Kier molecular flexibility index (Phi) is 8.36. The van der Waals surface area contributed by atoms with Crippen LogP contribution in [0.4, 0.5) is 0 Å². The molecule has 7 nitrogen and oxygen atoms in total. The summed E-state index contributed by atoms with van der Waals surface area (Å²) < 4.78 is 5.45. The molecule has 1 aliphatic carbocycles. The first kappa shape index (κ1) is 24.0. The van der Waals surface area contributed by atoms with Gasteiger partial charge in [-0.15, -0.1) is 0 Å². The van der Waals surface area contributed by atoms with E-state index in [0.29, 0.717) is 63.3 Å². The summed E-state index contributed by atoms with van der Waals surface area (Å²) in [6.45, 7) is 11.4. The number of hydrogen-bond donors (Lipinski definition) is 1. The van der Waals surface area contributed by atoms with Crippen molar-refractivity contribution in [2.24, 2.45) is 23.7 Å². The zero-order valence-corrected chi connectivity index (χ0v) is 19.8. The van der Waals surface area contributed by atoms with Crippen molar-refractivity contribution >= 4 is 17.8 Å².